The fraction of sp³-hybridized carbons (Fsp3) is 0.538. The molecule has 1 aliphatic carbocycles. The van der Waals surface area contributed by atoms with Gasteiger partial charge in [0.25, 0.3) is 0 Å². The van der Waals surface area contributed by atoms with Crippen molar-refractivity contribution in [2.75, 3.05) is 5.43 Å². The molecule has 0 spiro atoms. The summed E-state index contributed by atoms with van der Waals surface area (Å²) in [4.78, 5) is 0.197. The molecule has 0 aliphatic heterocycles. The Morgan fingerprint density at radius 1 is 1.26 bits per heavy atom. The number of para-hydroxylation sites is 1. The lowest BCUT2D eigenvalue weighted by molar-refractivity contribution is 0.424. The van der Waals surface area contributed by atoms with Gasteiger partial charge >= 0.3 is 0 Å². The maximum absolute atomic E-state index is 12.4. The number of sulfonamides is 1. The van der Waals surface area contributed by atoms with Crippen molar-refractivity contribution in [3.05, 3.63) is 24.3 Å². The van der Waals surface area contributed by atoms with Gasteiger partial charge in [0.1, 0.15) is 4.90 Å². The van der Waals surface area contributed by atoms with Gasteiger partial charge in [-0.2, -0.15) is 0 Å². The molecule has 1 atom stereocenters. The maximum atomic E-state index is 12.4. The first kappa shape index (κ1) is 14.3. The molecule has 0 heterocycles. The maximum Gasteiger partial charge on any atom is 0.242 e. The summed E-state index contributed by atoms with van der Waals surface area (Å²) in [6, 6.07) is 6.59. The zero-order valence-electron chi connectivity index (χ0n) is 11.1. The zero-order chi connectivity index (χ0) is 13.9. The third-order valence-electron chi connectivity index (χ3n) is 3.78. The van der Waals surface area contributed by atoms with Crippen molar-refractivity contribution >= 4 is 15.7 Å². The summed E-state index contributed by atoms with van der Waals surface area (Å²) in [5.41, 5.74) is 2.84. The minimum atomic E-state index is -3.53. The molecule has 0 radical (unpaired) electrons. The summed E-state index contributed by atoms with van der Waals surface area (Å²) in [7, 11) is -3.53. The number of nitrogen functional groups attached to an aromatic ring is 1. The third kappa shape index (κ3) is 3.26. The van der Waals surface area contributed by atoms with Crippen molar-refractivity contribution in [1.29, 1.82) is 0 Å². The van der Waals surface area contributed by atoms with Gasteiger partial charge in [-0.25, -0.2) is 13.1 Å². The molecule has 6 heteroatoms. The normalized spacial score (nSPS) is 18.4. The van der Waals surface area contributed by atoms with Crippen molar-refractivity contribution in [3.8, 4) is 0 Å². The van der Waals surface area contributed by atoms with Gasteiger partial charge in [-0.05, 0) is 37.8 Å². The molecular weight excluding hydrogens is 262 g/mol. The van der Waals surface area contributed by atoms with E-state index in [4.69, 9.17) is 5.84 Å². The monoisotopic (exact) mass is 283 g/mol. The second-order valence-corrected chi connectivity index (χ2v) is 6.78. The van der Waals surface area contributed by atoms with E-state index >= 15 is 0 Å². The van der Waals surface area contributed by atoms with Crippen LogP contribution in [0.25, 0.3) is 0 Å². The number of hydrogen-bond donors (Lipinski definition) is 3. The van der Waals surface area contributed by atoms with Crippen LogP contribution in [-0.2, 0) is 10.0 Å². The lowest BCUT2D eigenvalue weighted by Gasteiger charge is -2.21. The lowest BCUT2D eigenvalue weighted by atomic mass is 10.0. The molecule has 1 aromatic carbocycles. The fourth-order valence-electron chi connectivity index (χ4n) is 2.68. The number of nitrogens with two attached hydrogens (primary N) is 1. The summed E-state index contributed by atoms with van der Waals surface area (Å²) >= 11 is 0. The van der Waals surface area contributed by atoms with E-state index in [1.54, 1.807) is 24.3 Å². The molecule has 19 heavy (non-hydrogen) atoms. The molecule has 0 saturated heterocycles. The van der Waals surface area contributed by atoms with Gasteiger partial charge in [0.05, 0.1) is 5.69 Å². The van der Waals surface area contributed by atoms with E-state index in [1.807, 2.05) is 6.92 Å². The van der Waals surface area contributed by atoms with Crippen LogP contribution in [0.15, 0.2) is 29.2 Å². The van der Waals surface area contributed by atoms with Crippen molar-refractivity contribution in [2.24, 2.45) is 11.8 Å². The van der Waals surface area contributed by atoms with Crippen molar-refractivity contribution in [2.45, 2.75) is 43.5 Å². The quantitative estimate of drug-likeness (QED) is 0.568. The van der Waals surface area contributed by atoms with Gasteiger partial charge in [0.15, 0.2) is 0 Å². The topological polar surface area (TPSA) is 84.2 Å². The second-order valence-electron chi connectivity index (χ2n) is 5.09. The number of hydrogen-bond acceptors (Lipinski definition) is 4. The Labute approximate surface area is 114 Å². The van der Waals surface area contributed by atoms with Crippen molar-refractivity contribution in [3.63, 3.8) is 0 Å². The van der Waals surface area contributed by atoms with Crippen LogP contribution in [0.1, 0.15) is 32.6 Å². The first-order chi connectivity index (χ1) is 9.04. The number of anilines is 1. The Hall–Kier alpha value is -1.11. The smallest absolute Gasteiger partial charge is 0.242 e. The average Bonchev–Trinajstić information content (AvgIpc) is 2.92. The van der Waals surface area contributed by atoms with Crippen LogP contribution >= 0.6 is 0 Å². The highest BCUT2D eigenvalue weighted by atomic mass is 32.2. The summed E-state index contributed by atoms with van der Waals surface area (Å²) in [5.74, 6) is 5.80. The van der Waals surface area contributed by atoms with E-state index < -0.39 is 10.0 Å². The summed E-state index contributed by atoms with van der Waals surface area (Å²) in [6.07, 6.45) is 4.58. The van der Waals surface area contributed by atoms with E-state index in [-0.39, 0.29) is 10.9 Å². The minimum Gasteiger partial charge on any atom is -0.323 e. The molecule has 4 N–H and O–H groups in total. The highest BCUT2D eigenvalue weighted by Gasteiger charge is 2.27. The summed E-state index contributed by atoms with van der Waals surface area (Å²) in [6.45, 7) is 1.94. The van der Waals surface area contributed by atoms with Crippen molar-refractivity contribution < 1.29 is 8.42 Å². The molecule has 0 bridgehead atoms. The summed E-state index contributed by atoms with van der Waals surface area (Å²) in [5, 5.41) is 0. The Bertz CT molecular complexity index is 524. The van der Waals surface area contributed by atoms with Crippen LogP contribution in [0, 0.1) is 5.92 Å². The molecule has 106 valence electrons. The third-order valence-corrected chi connectivity index (χ3v) is 5.40. The van der Waals surface area contributed by atoms with Crippen LogP contribution < -0.4 is 16.0 Å². The fourth-order valence-corrected chi connectivity index (χ4v) is 4.17. The van der Waals surface area contributed by atoms with Gasteiger partial charge in [-0.15, -0.1) is 0 Å². The molecular formula is C13H21N3O2S. The minimum absolute atomic E-state index is 0.0432. The number of nitrogens with one attached hydrogen (secondary N) is 2. The van der Waals surface area contributed by atoms with Crippen LogP contribution in [0.2, 0.25) is 0 Å². The van der Waals surface area contributed by atoms with E-state index in [0.29, 0.717) is 11.6 Å². The highest BCUT2D eigenvalue weighted by Crippen LogP contribution is 2.29. The Kier molecular flexibility index (Phi) is 4.44. The Balaban J connectivity index is 2.17. The molecule has 1 aliphatic rings. The molecule has 1 fully saturated rings. The molecule has 1 saturated carbocycles. The van der Waals surface area contributed by atoms with E-state index in [0.717, 1.165) is 12.8 Å². The Morgan fingerprint density at radius 3 is 2.53 bits per heavy atom. The molecule has 2 rings (SSSR count). The Morgan fingerprint density at radius 2 is 1.89 bits per heavy atom. The predicted octanol–water partition coefficient (Wildman–Crippen LogP) is 1.83. The van der Waals surface area contributed by atoms with E-state index in [9.17, 15) is 8.42 Å². The van der Waals surface area contributed by atoms with Gasteiger partial charge in [-0.3, -0.25) is 5.84 Å². The largest absolute Gasteiger partial charge is 0.323 e. The molecule has 1 unspecified atom stereocenters. The number of benzene rings is 1. The standard InChI is InChI=1S/C13H21N3O2S/c1-10(11-6-2-3-7-11)16-19(17,18)13-9-5-4-8-12(13)15-14/h4-5,8-11,15-16H,2-3,6-7,14H2,1H3. The van der Waals surface area contributed by atoms with E-state index in [2.05, 4.69) is 10.1 Å². The average molecular weight is 283 g/mol. The molecule has 1 aromatic rings. The van der Waals surface area contributed by atoms with Crippen LogP contribution in [0.5, 0.6) is 0 Å². The first-order valence-corrected chi connectivity index (χ1v) is 8.11. The molecule has 0 amide bonds. The van der Waals surface area contributed by atoms with Crippen molar-refractivity contribution in [1.82, 2.24) is 4.72 Å². The van der Waals surface area contributed by atoms with E-state index in [1.165, 1.54) is 12.8 Å². The number of hydrazine groups is 1. The van der Waals surface area contributed by atoms with Gasteiger partial charge < -0.3 is 5.43 Å². The first-order valence-electron chi connectivity index (χ1n) is 6.62. The SMILES string of the molecule is CC(NS(=O)(=O)c1ccccc1NN)C1CCCC1. The predicted molar refractivity (Wildman–Crippen MR) is 76.0 cm³/mol. The number of rotatable bonds is 5. The van der Waals surface area contributed by atoms with Crippen LogP contribution in [0.3, 0.4) is 0 Å². The molecule has 5 nitrogen and oxygen atoms in total. The van der Waals surface area contributed by atoms with Crippen LogP contribution in [-0.4, -0.2) is 14.5 Å². The van der Waals surface area contributed by atoms with Gasteiger partial charge in [-0.1, -0.05) is 25.0 Å². The van der Waals surface area contributed by atoms with Crippen LogP contribution in [0.4, 0.5) is 5.69 Å². The van der Waals surface area contributed by atoms with Gasteiger partial charge in [0, 0.05) is 6.04 Å². The summed E-state index contributed by atoms with van der Waals surface area (Å²) < 4.78 is 27.5. The van der Waals surface area contributed by atoms with Gasteiger partial charge in [0.2, 0.25) is 10.0 Å². The molecule has 0 aromatic heterocycles. The second kappa shape index (κ2) is 5.90. The zero-order valence-corrected chi connectivity index (χ0v) is 11.9. The highest BCUT2D eigenvalue weighted by molar-refractivity contribution is 7.89. The lowest BCUT2D eigenvalue weighted by Crippen LogP contribution is -2.37.